The number of rotatable bonds is 5. The number of anilines is 1. The van der Waals surface area contributed by atoms with Crippen molar-refractivity contribution in [1.82, 2.24) is 0 Å². The highest BCUT2D eigenvalue weighted by Gasteiger charge is 2.07. The van der Waals surface area contributed by atoms with Gasteiger partial charge in [-0.3, -0.25) is 0 Å². The second-order valence-electron chi connectivity index (χ2n) is 5.83. The maximum absolute atomic E-state index is 6.40. The molecular formula is C20H23N. The van der Waals surface area contributed by atoms with E-state index in [4.69, 9.17) is 5.73 Å². The van der Waals surface area contributed by atoms with Gasteiger partial charge in [-0.1, -0.05) is 68.7 Å². The second-order valence-corrected chi connectivity index (χ2v) is 5.83. The predicted molar refractivity (Wildman–Crippen MR) is 93.7 cm³/mol. The molecule has 0 saturated heterocycles. The van der Waals surface area contributed by atoms with Crippen molar-refractivity contribution >= 4 is 27.2 Å². The predicted octanol–water partition coefficient (Wildman–Crippen LogP) is 5.70. The highest BCUT2D eigenvalue weighted by atomic mass is 14.6. The Hall–Kier alpha value is -2.02. The molecule has 0 bridgehead atoms. The fraction of sp³-hybridized carbons (Fsp3) is 0.300. The van der Waals surface area contributed by atoms with Crippen LogP contribution in [0.25, 0.3) is 21.5 Å². The minimum atomic E-state index is 0.915. The molecule has 0 aliphatic heterocycles. The summed E-state index contributed by atoms with van der Waals surface area (Å²) in [7, 11) is 0. The first-order chi connectivity index (χ1) is 10.3. The van der Waals surface area contributed by atoms with Crippen LogP contribution in [0.2, 0.25) is 0 Å². The molecule has 1 nitrogen and oxygen atoms in total. The molecule has 0 aliphatic rings. The number of nitrogens with two attached hydrogens (primary N) is 1. The second kappa shape index (κ2) is 6.17. The Bertz CT molecular complexity index is 758. The third-order valence-electron chi connectivity index (χ3n) is 4.34. The summed E-state index contributed by atoms with van der Waals surface area (Å²) in [5.41, 5.74) is 8.75. The lowest BCUT2D eigenvalue weighted by molar-refractivity contribution is 0.668. The molecule has 21 heavy (non-hydrogen) atoms. The first-order valence-electron chi connectivity index (χ1n) is 8.00. The third kappa shape index (κ3) is 2.73. The number of fused-ring (bicyclic) bond motifs is 2. The van der Waals surface area contributed by atoms with Crippen molar-refractivity contribution in [3.8, 4) is 0 Å². The molecule has 0 atom stereocenters. The molecule has 0 heterocycles. The first-order valence-corrected chi connectivity index (χ1v) is 8.00. The van der Waals surface area contributed by atoms with Gasteiger partial charge in [0.05, 0.1) is 0 Å². The lowest BCUT2D eigenvalue weighted by Gasteiger charge is -2.11. The Labute approximate surface area is 126 Å². The molecule has 3 aromatic carbocycles. The van der Waals surface area contributed by atoms with Crippen LogP contribution in [0.1, 0.15) is 38.2 Å². The number of unbranched alkanes of at least 4 members (excludes halogenated alkanes) is 3. The van der Waals surface area contributed by atoms with Gasteiger partial charge in [-0.25, -0.2) is 0 Å². The van der Waals surface area contributed by atoms with Gasteiger partial charge in [-0.05, 0) is 35.2 Å². The van der Waals surface area contributed by atoms with Gasteiger partial charge in [0.2, 0.25) is 0 Å². The fourth-order valence-corrected chi connectivity index (χ4v) is 3.15. The van der Waals surface area contributed by atoms with Crippen LogP contribution in [0.15, 0.2) is 48.5 Å². The highest BCUT2D eigenvalue weighted by molar-refractivity contribution is 6.10. The first kappa shape index (κ1) is 13.9. The molecule has 0 aromatic heterocycles. The van der Waals surface area contributed by atoms with Crippen LogP contribution in [0.5, 0.6) is 0 Å². The minimum absolute atomic E-state index is 0.915. The molecule has 0 spiro atoms. The Balaban J connectivity index is 2.05. The maximum atomic E-state index is 6.40. The smallest absolute Gasteiger partial charge is 0.0473 e. The molecule has 0 amide bonds. The van der Waals surface area contributed by atoms with E-state index >= 15 is 0 Å². The summed E-state index contributed by atoms with van der Waals surface area (Å²) < 4.78 is 0. The standard InChI is InChI=1S/C20H23N/c1-2-3-4-5-9-15-11-8-13-18-19(15)14-16-10-6-7-12-17(16)20(18)21/h6-8,10-14H,2-5,9,21H2,1H3. The molecule has 108 valence electrons. The van der Waals surface area contributed by atoms with Gasteiger partial charge >= 0.3 is 0 Å². The Morgan fingerprint density at radius 3 is 2.48 bits per heavy atom. The van der Waals surface area contributed by atoms with Crippen molar-refractivity contribution in [2.45, 2.75) is 39.0 Å². The molecule has 0 fully saturated rings. The Morgan fingerprint density at radius 2 is 1.62 bits per heavy atom. The van der Waals surface area contributed by atoms with Crippen LogP contribution in [-0.2, 0) is 6.42 Å². The molecule has 2 N–H and O–H groups in total. The van der Waals surface area contributed by atoms with Gasteiger partial charge in [0.1, 0.15) is 0 Å². The van der Waals surface area contributed by atoms with Crippen molar-refractivity contribution in [3.05, 3.63) is 54.1 Å². The van der Waals surface area contributed by atoms with E-state index in [1.54, 1.807) is 0 Å². The average Bonchev–Trinajstić information content (AvgIpc) is 2.52. The number of aryl methyl sites for hydroxylation is 1. The lowest BCUT2D eigenvalue weighted by Crippen LogP contribution is -1.93. The summed E-state index contributed by atoms with van der Waals surface area (Å²) in [5.74, 6) is 0. The molecule has 1 heteroatoms. The quantitative estimate of drug-likeness (QED) is 0.361. The normalized spacial score (nSPS) is 11.3. The summed E-state index contributed by atoms with van der Waals surface area (Å²) in [4.78, 5) is 0. The van der Waals surface area contributed by atoms with E-state index < -0.39 is 0 Å². The Morgan fingerprint density at radius 1 is 0.810 bits per heavy atom. The summed E-state index contributed by atoms with van der Waals surface area (Å²) in [6.07, 6.45) is 6.34. The lowest BCUT2D eigenvalue weighted by atomic mass is 9.95. The van der Waals surface area contributed by atoms with Crippen LogP contribution in [-0.4, -0.2) is 0 Å². The largest absolute Gasteiger partial charge is 0.398 e. The van der Waals surface area contributed by atoms with E-state index in [-0.39, 0.29) is 0 Å². The minimum Gasteiger partial charge on any atom is -0.398 e. The number of nitrogen functional groups attached to an aromatic ring is 1. The van der Waals surface area contributed by atoms with Crippen LogP contribution in [0.3, 0.4) is 0 Å². The molecule has 3 rings (SSSR count). The topological polar surface area (TPSA) is 26.0 Å². The number of benzene rings is 3. The van der Waals surface area contributed by atoms with Gasteiger partial charge < -0.3 is 5.73 Å². The van der Waals surface area contributed by atoms with E-state index in [9.17, 15) is 0 Å². The summed E-state index contributed by atoms with van der Waals surface area (Å²) in [5, 5.41) is 4.92. The fourth-order valence-electron chi connectivity index (χ4n) is 3.15. The van der Waals surface area contributed by atoms with Crippen molar-refractivity contribution in [2.24, 2.45) is 0 Å². The van der Waals surface area contributed by atoms with Crippen LogP contribution in [0, 0.1) is 0 Å². The summed E-state index contributed by atoms with van der Waals surface area (Å²) >= 11 is 0. The molecule has 0 radical (unpaired) electrons. The zero-order valence-corrected chi connectivity index (χ0v) is 12.7. The van der Waals surface area contributed by atoms with E-state index in [0.717, 1.165) is 17.5 Å². The number of hydrogen-bond acceptors (Lipinski definition) is 1. The van der Waals surface area contributed by atoms with E-state index in [1.807, 2.05) is 0 Å². The average molecular weight is 277 g/mol. The molecule has 3 aromatic rings. The van der Waals surface area contributed by atoms with Crippen molar-refractivity contribution < 1.29 is 0 Å². The molecular weight excluding hydrogens is 254 g/mol. The highest BCUT2D eigenvalue weighted by Crippen LogP contribution is 2.32. The van der Waals surface area contributed by atoms with Gasteiger partial charge in [0.15, 0.2) is 0 Å². The van der Waals surface area contributed by atoms with Crippen LogP contribution >= 0.6 is 0 Å². The molecule has 0 unspecified atom stereocenters. The zero-order valence-electron chi connectivity index (χ0n) is 12.7. The van der Waals surface area contributed by atoms with Crippen LogP contribution in [0.4, 0.5) is 5.69 Å². The molecule has 0 saturated carbocycles. The van der Waals surface area contributed by atoms with Gasteiger partial charge in [0.25, 0.3) is 0 Å². The van der Waals surface area contributed by atoms with Gasteiger partial charge in [0, 0.05) is 16.5 Å². The maximum Gasteiger partial charge on any atom is 0.0473 e. The van der Waals surface area contributed by atoms with Gasteiger partial charge in [-0.15, -0.1) is 0 Å². The monoisotopic (exact) mass is 277 g/mol. The SMILES string of the molecule is CCCCCCc1cccc2c(N)c3ccccc3cc12. The third-order valence-corrected chi connectivity index (χ3v) is 4.34. The van der Waals surface area contributed by atoms with Crippen molar-refractivity contribution in [2.75, 3.05) is 5.73 Å². The number of hydrogen-bond donors (Lipinski definition) is 1. The van der Waals surface area contributed by atoms with Crippen LogP contribution < -0.4 is 5.73 Å². The zero-order chi connectivity index (χ0) is 14.7. The van der Waals surface area contributed by atoms with E-state index in [2.05, 4.69) is 55.5 Å². The summed E-state index contributed by atoms with van der Waals surface area (Å²) in [6.45, 7) is 2.25. The van der Waals surface area contributed by atoms with Gasteiger partial charge in [-0.2, -0.15) is 0 Å². The Kier molecular flexibility index (Phi) is 4.10. The van der Waals surface area contributed by atoms with E-state index in [1.165, 1.54) is 47.4 Å². The van der Waals surface area contributed by atoms with Crippen molar-refractivity contribution in [3.63, 3.8) is 0 Å². The molecule has 0 aliphatic carbocycles. The van der Waals surface area contributed by atoms with E-state index in [0.29, 0.717) is 0 Å². The summed E-state index contributed by atoms with van der Waals surface area (Å²) in [6, 6.07) is 17.2. The van der Waals surface area contributed by atoms with Crippen molar-refractivity contribution in [1.29, 1.82) is 0 Å².